The number of anilines is 1. The van der Waals surface area contributed by atoms with Gasteiger partial charge in [-0.15, -0.1) is 5.10 Å². The van der Waals surface area contributed by atoms with E-state index in [1.807, 2.05) is 97.9 Å². The number of ether oxygens (including phenoxy) is 1. The lowest BCUT2D eigenvalue weighted by molar-refractivity contribution is -0.118. The van der Waals surface area contributed by atoms with Crippen molar-refractivity contribution in [3.63, 3.8) is 0 Å². The number of nitrogens with one attached hydrogen (secondary N) is 1. The molecular weight excluding hydrogens is 430 g/mol. The summed E-state index contributed by atoms with van der Waals surface area (Å²) in [4.78, 5) is 12.7. The van der Waals surface area contributed by atoms with Crippen LogP contribution in [0.15, 0.2) is 95.4 Å². The Bertz CT molecular complexity index is 1390. The number of nitrogens with zero attached hydrogens (tertiary/aromatic N) is 4. The minimum absolute atomic E-state index is 0.0779. The van der Waals surface area contributed by atoms with Crippen LogP contribution in [0.1, 0.15) is 5.56 Å². The highest BCUT2D eigenvalue weighted by molar-refractivity contribution is 5.92. The summed E-state index contributed by atoms with van der Waals surface area (Å²) in [6.45, 7) is 1.74. The summed E-state index contributed by atoms with van der Waals surface area (Å²) in [6, 6.07) is 28.8. The molecule has 0 fully saturated rings. The molecule has 0 bridgehead atoms. The fourth-order valence-electron chi connectivity index (χ4n) is 3.37. The molecule has 0 aliphatic rings. The normalized spacial score (nSPS) is 10.7. The number of aryl methyl sites for hydroxylation is 1. The molecule has 0 spiro atoms. The number of benzene rings is 3. The molecule has 0 aliphatic heterocycles. The molecule has 5 aromatic rings. The second-order valence-corrected chi connectivity index (χ2v) is 7.60. The topological polar surface area (TPSA) is 95.1 Å². The minimum atomic E-state index is -0.382. The van der Waals surface area contributed by atoms with Crippen LogP contribution in [-0.4, -0.2) is 32.5 Å². The van der Waals surface area contributed by atoms with Gasteiger partial charge in [0.05, 0.1) is 11.4 Å². The molecular formula is C26H21N5O3. The molecule has 0 unspecified atom stereocenters. The van der Waals surface area contributed by atoms with Gasteiger partial charge in [0.15, 0.2) is 6.61 Å². The van der Waals surface area contributed by atoms with Crippen molar-refractivity contribution >= 4 is 11.7 Å². The standard InChI is InChI=1S/C26H21N5O3/c1-18-12-14-19(15-13-18)22-16-23(31(30-22)21-10-6-3-7-11-21)27-24(32)17-33-26-29-28-25(34-26)20-8-4-2-5-9-20/h2-16H,17H2,1H3,(H,27,32). The van der Waals surface area contributed by atoms with E-state index in [9.17, 15) is 4.79 Å². The monoisotopic (exact) mass is 451 g/mol. The summed E-state index contributed by atoms with van der Waals surface area (Å²) in [6.07, 6.45) is -0.0779. The van der Waals surface area contributed by atoms with Gasteiger partial charge in [0.2, 0.25) is 0 Å². The van der Waals surface area contributed by atoms with Gasteiger partial charge in [-0.2, -0.15) is 5.10 Å². The molecule has 1 N–H and O–H groups in total. The third kappa shape index (κ3) is 4.71. The molecule has 8 nitrogen and oxygen atoms in total. The van der Waals surface area contributed by atoms with Crippen molar-refractivity contribution in [3.8, 4) is 34.5 Å². The van der Waals surface area contributed by atoms with Gasteiger partial charge in [0, 0.05) is 17.2 Å². The van der Waals surface area contributed by atoms with Crippen molar-refractivity contribution < 1.29 is 13.9 Å². The van der Waals surface area contributed by atoms with Crippen LogP contribution in [0.5, 0.6) is 6.08 Å². The Morgan fingerprint density at radius 2 is 1.62 bits per heavy atom. The highest BCUT2D eigenvalue weighted by Crippen LogP contribution is 2.25. The lowest BCUT2D eigenvalue weighted by Crippen LogP contribution is -2.22. The number of hydrogen-bond acceptors (Lipinski definition) is 6. The largest absolute Gasteiger partial charge is 0.439 e. The number of amides is 1. The Kier molecular flexibility index (Phi) is 5.85. The van der Waals surface area contributed by atoms with E-state index in [4.69, 9.17) is 14.3 Å². The van der Waals surface area contributed by atoms with Crippen LogP contribution < -0.4 is 10.1 Å². The van der Waals surface area contributed by atoms with Crippen LogP contribution in [0.4, 0.5) is 5.82 Å². The van der Waals surface area contributed by atoms with E-state index in [0.29, 0.717) is 11.7 Å². The van der Waals surface area contributed by atoms with Gasteiger partial charge in [-0.3, -0.25) is 4.79 Å². The maximum atomic E-state index is 12.7. The van der Waals surface area contributed by atoms with Gasteiger partial charge in [-0.25, -0.2) is 4.68 Å². The van der Waals surface area contributed by atoms with Gasteiger partial charge < -0.3 is 14.5 Å². The molecule has 0 saturated carbocycles. The molecule has 5 rings (SSSR count). The summed E-state index contributed by atoms with van der Waals surface area (Å²) in [5.41, 5.74) is 4.44. The molecule has 34 heavy (non-hydrogen) atoms. The summed E-state index contributed by atoms with van der Waals surface area (Å²) < 4.78 is 12.6. The van der Waals surface area contributed by atoms with Crippen molar-refractivity contribution in [1.82, 2.24) is 20.0 Å². The Morgan fingerprint density at radius 3 is 2.35 bits per heavy atom. The second-order valence-electron chi connectivity index (χ2n) is 7.60. The SMILES string of the molecule is Cc1ccc(-c2cc(NC(=O)COc3nnc(-c4ccccc4)o3)n(-c3ccccc3)n2)cc1. The lowest BCUT2D eigenvalue weighted by Gasteiger charge is -2.08. The van der Waals surface area contributed by atoms with Crippen LogP contribution in [0.25, 0.3) is 28.4 Å². The van der Waals surface area contributed by atoms with Crippen molar-refractivity contribution in [2.75, 3.05) is 11.9 Å². The highest BCUT2D eigenvalue weighted by Gasteiger charge is 2.16. The molecule has 0 aliphatic carbocycles. The molecule has 0 saturated heterocycles. The Morgan fingerprint density at radius 1 is 0.912 bits per heavy atom. The molecule has 2 aromatic heterocycles. The van der Waals surface area contributed by atoms with Gasteiger partial charge >= 0.3 is 6.08 Å². The molecule has 168 valence electrons. The Hall–Kier alpha value is -4.72. The van der Waals surface area contributed by atoms with Crippen LogP contribution >= 0.6 is 0 Å². The molecule has 0 radical (unpaired) electrons. The molecule has 1 amide bonds. The van der Waals surface area contributed by atoms with Gasteiger partial charge in [0.25, 0.3) is 11.8 Å². The summed E-state index contributed by atoms with van der Waals surface area (Å²) in [7, 11) is 0. The fourth-order valence-corrected chi connectivity index (χ4v) is 3.37. The van der Waals surface area contributed by atoms with Crippen LogP contribution in [0, 0.1) is 6.92 Å². The number of rotatable bonds is 7. The van der Waals surface area contributed by atoms with E-state index >= 15 is 0 Å². The molecule has 3 aromatic carbocycles. The highest BCUT2D eigenvalue weighted by atomic mass is 16.6. The van der Waals surface area contributed by atoms with E-state index < -0.39 is 0 Å². The minimum Gasteiger partial charge on any atom is -0.439 e. The Balaban J connectivity index is 1.32. The van der Waals surface area contributed by atoms with Gasteiger partial charge in [-0.1, -0.05) is 71.3 Å². The Labute approximate surface area is 195 Å². The first kappa shape index (κ1) is 21.1. The first-order chi connectivity index (χ1) is 16.7. The van der Waals surface area contributed by atoms with Crippen LogP contribution in [-0.2, 0) is 4.79 Å². The molecule has 2 heterocycles. The predicted octanol–water partition coefficient (Wildman–Crippen LogP) is 4.92. The van der Waals surface area contributed by atoms with Crippen molar-refractivity contribution in [3.05, 3.63) is 96.6 Å². The summed E-state index contributed by atoms with van der Waals surface area (Å²) in [5, 5.41) is 15.4. The summed E-state index contributed by atoms with van der Waals surface area (Å²) >= 11 is 0. The van der Waals surface area contributed by atoms with Crippen molar-refractivity contribution in [1.29, 1.82) is 0 Å². The third-order valence-electron chi connectivity index (χ3n) is 5.08. The third-order valence-corrected chi connectivity index (χ3v) is 5.08. The van der Waals surface area contributed by atoms with E-state index in [-0.39, 0.29) is 18.6 Å². The average molecular weight is 451 g/mol. The van der Waals surface area contributed by atoms with E-state index in [0.717, 1.165) is 28.1 Å². The van der Waals surface area contributed by atoms with E-state index in [1.54, 1.807) is 4.68 Å². The first-order valence-electron chi connectivity index (χ1n) is 10.7. The van der Waals surface area contributed by atoms with Crippen LogP contribution in [0.3, 0.4) is 0 Å². The molecule has 8 heteroatoms. The number of carbonyl (C=O) groups is 1. The maximum Gasteiger partial charge on any atom is 0.415 e. The zero-order valence-corrected chi connectivity index (χ0v) is 18.4. The average Bonchev–Trinajstić information content (AvgIpc) is 3.52. The number of carbonyl (C=O) groups excluding carboxylic acids is 1. The number of aromatic nitrogens is 4. The predicted molar refractivity (Wildman–Crippen MR) is 128 cm³/mol. The smallest absolute Gasteiger partial charge is 0.415 e. The molecule has 0 atom stereocenters. The summed E-state index contributed by atoms with van der Waals surface area (Å²) in [5.74, 6) is 0.457. The van der Waals surface area contributed by atoms with E-state index in [1.165, 1.54) is 0 Å². The number of para-hydroxylation sites is 1. The van der Waals surface area contributed by atoms with Crippen molar-refractivity contribution in [2.45, 2.75) is 6.92 Å². The first-order valence-corrected chi connectivity index (χ1v) is 10.7. The van der Waals surface area contributed by atoms with Gasteiger partial charge in [0.1, 0.15) is 5.82 Å². The zero-order valence-electron chi connectivity index (χ0n) is 18.4. The fraction of sp³-hybridized carbons (Fsp3) is 0.0769. The maximum absolute atomic E-state index is 12.7. The number of hydrogen-bond donors (Lipinski definition) is 1. The zero-order chi connectivity index (χ0) is 23.3. The second kappa shape index (κ2) is 9.41. The van der Waals surface area contributed by atoms with E-state index in [2.05, 4.69) is 15.5 Å². The quantitative estimate of drug-likeness (QED) is 0.378. The van der Waals surface area contributed by atoms with Crippen LogP contribution in [0.2, 0.25) is 0 Å². The lowest BCUT2D eigenvalue weighted by atomic mass is 10.1. The van der Waals surface area contributed by atoms with Crippen molar-refractivity contribution in [2.24, 2.45) is 0 Å². The van der Waals surface area contributed by atoms with Gasteiger partial charge in [-0.05, 0) is 31.2 Å².